The highest BCUT2D eigenvalue weighted by Crippen LogP contribution is 2.41. The summed E-state index contributed by atoms with van der Waals surface area (Å²) in [6.45, 7) is 1.95. The molecular weight excluding hydrogens is 394 g/mol. The third-order valence-corrected chi connectivity index (χ3v) is 5.69. The number of aryl methyl sites for hydroxylation is 1. The second kappa shape index (κ2) is 8.32. The summed E-state index contributed by atoms with van der Waals surface area (Å²) in [4.78, 5) is 12.2. The van der Waals surface area contributed by atoms with Crippen LogP contribution in [0.4, 0.5) is 8.78 Å². The monoisotopic (exact) mass is 414 g/mol. The van der Waals surface area contributed by atoms with Gasteiger partial charge in [0.1, 0.15) is 11.6 Å². The lowest BCUT2D eigenvalue weighted by Gasteiger charge is -2.10. The minimum Gasteiger partial charge on any atom is -0.351 e. The molecule has 1 aromatic heterocycles. The molecular formula is C21H20F2N4OS. The molecule has 0 saturated heterocycles. The number of carbonyl (C=O) groups excluding carboxylic acids is 1. The third-order valence-electron chi connectivity index (χ3n) is 4.75. The van der Waals surface area contributed by atoms with Crippen LogP contribution in [0, 0.1) is 18.6 Å². The molecule has 0 spiro atoms. The van der Waals surface area contributed by atoms with Crippen LogP contribution in [0.15, 0.2) is 47.6 Å². The quantitative estimate of drug-likeness (QED) is 0.587. The fourth-order valence-electron chi connectivity index (χ4n) is 2.99. The first-order chi connectivity index (χ1) is 14.0. The van der Waals surface area contributed by atoms with E-state index in [4.69, 9.17) is 0 Å². The highest BCUT2D eigenvalue weighted by atomic mass is 32.2. The number of nitrogens with zero attached hydrogens (tertiary/aromatic N) is 3. The average Bonchev–Trinajstić information content (AvgIpc) is 3.47. The van der Waals surface area contributed by atoms with Crippen LogP contribution >= 0.6 is 11.8 Å². The van der Waals surface area contributed by atoms with Crippen molar-refractivity contribution in [2.75, 3.05) is 5.75 Å². The highest BCUT2D eigenvalue weighted by molar-refractivity contribution is 7.99. The summed E-state index contributed by atoms with van der Waals surface area (Å²) in [5.41, 5.74) is 1.68. The zero-order chi connectivity index (χ0) is 20.4. The van der Waals surface area contributed by atoms with Crippen molar-refractivity contribution in [3.8, 4) is 11.4 Å². The zero-order valence-electron chi connectivity index (χ0n) is 15.9. The van der Waals surface area contributed by atoms with Gasteiger partial charge in [-0.2, -0.15) is 0 Å². The van der Waals surface area contributed by atoms with E-state index in [-0.39, 0.29) is 35.9 Å². The molecule has 29 heavy (non-hydrogen) atoms. The van der Waals surface area contributed by atoms with Crippen molar-refractivity contribution < 1.29 is 13.6 Å². The van der Waals surface area contributed by atoms with E-state index in [2.05, 4.69) is 15.5 Å². The van der Waals surface area contributed by atoms with Crippen molar-refractivity contribution in [3.63, 3.8) is 0 Å². The van der Waals surface area contributed by atoms with Gasteiger partial charge in [0.2, 0.25) is 5.91 Å². The summed E-state index contributed by atoms with van der Waals surface area (Å²) in [6, 6.07) is 11.6. The molecule has 150 valence electrons. The van der Waals surface area contributed by atoms with Crippen LogP contribution in [-0.4, -0.2) is 26.4 Å². The molecule has 1 aliphatic rings. The molecule has 1 heterocycles. The number of halogens is 2. The Morgan fingerprint density at radius 3 is 2.69 bits per heavy atom. The maximum Gasteiger partial charge on any atom is 0.230 e. The van der Waals surface area contributed by atoms with Crippen LogP contribution < -0.4 is 5.32 Å². The van der Waals surface area contributed by atoms with Gasteiger partial charge >= 0.3 is 0 Å². The molecule has 3 aromatic rings. The Morgan fingerprint density at radius 2 is 1.97 bits per heavy atom. The van der Waals surface area contributed by atoms with Crippen LogP contribution in [0.25, 0.3) is 11.4 Å². The van der Waals surface area contributed by atoms with Crippen molar-refractivity contribution in [1.29, 1.82) is 0 Å². The van der Waals surface area contributed by atoms with E-state index in [9.17, 15) is 13.6 Å². The molecule has 1 N–H and O–H groups in total. The third kappa shape index (κ3) is 4.48. The first-order valence-electron chi connectivity index (χ1n) is 9.37. The minimum absolute atomic E-state index is 0.149. The van der Waals surface area contributed by atoms with E-state index in [1.165, 1.54) is 23.9 Å². The minimum atomic E-state index is -0.346. The molecule has 0 atom stereocenters. The lowest BCUT2D eigenvalue weighted by atomic mass is 10.1. The average molecular weight is 414 g/mol. The number of rotatable bonds is 7. The maximum atomic E-state index is 14.2. The normalized spacial score (nSPS) is 13.5. The van der Waals surface area contributed by atoms with E-state index in [0.717, 1.165) is 12.8 Å². The fourth-order valence-corrected chi connectivity index (χ4v) is 3.83. The molecule has 0 unspecified atom stereocenters. The number of hydrogen-bond acceptors (Lipinski definition) is 4. The van der Waals surface area contributed by atoms with Gasteiger partial charge in [0.25, 0.3) is 0 Å². The molecule has 1 fully saturated rings. The molecule has 2 aromatic carbocycles. The van der Waals surface area contributed by atoms with Crippen molar-refractivity contribution in [1.82, 2.24) is 20.1 Å². The molecule has 4 rings (SSSR count). The van der Waals surface area contributed by atoms with Gasteiger partial charge in [-0.3, -0.25) is 9.36 Å². The maximum absolute atomic E-state index is 14.2. The van der Waals surface area contributed by atoms with Crippen molar-refractivity contribution >= 4 is 17.7 Å². The molecule has 1 saturated carbocycles. The van der Waals surface area contributed by atoms with Crippen molar-refractivity contribution in [3.05, 3.63) is 65.2 Å². The topological polar surface area (TPSA) is 59.8 Å². The summed E-state index contributed by atoms with van der Waals surface area (Å²) in [5, 5.41) is 11.7. The Bertz CT molecular complexity index is 1050. The van der Waals surface area contributed by atoms with Crippen LogP contribution in [0.2, 0.25) is 0 Å². The SMILES string of the molecule is Cc1ccc(CNC(=O)CSc2nnc(-c3ccccc3F)n2C2CC2)cc1F. The van der Waals surface area contributed by atoms with Gasteiger partial charge in [-0.15, -0.1) is 10.2 Å². The fraction of sp³-hybridized carbons (Fsp3) is 0.286. The van der Waals surface area contributed by atoms with Crippen LogP contribution in [0.1, 0.15) is 30.0 Å². The van der Waals surface area contributed by atoms with Gasteiger partial charge in [-0.05, 0) is 49.1 Å². The van der Waals surface area contributed by atoms with E-state index < -0.39 is 0 Å². The van der Waals surface area contributed by atoms with E-state index >= 15 is 0 Å². The lowest BCUT2D eigenvalue weighted by molar-refractivity contribution is -0.118. The highest BCUT2D eigenvalue weighted by Gasteiger charge is 2.31. The first kappa shape index (κ1) is 19.6. The van der Waals surface area contributed by atoms with Crippen molar-refractivity contribution in [2.24, 2.45) is 0 Å². The summed E-state index contributed by atoms with van der Waals surface area (Å²) in [5.74, 6) is -0.181. The molecule has 1 aliphatic carbocycles. The number of benzene rings is 2. The summed E-state index contributed by atoms with van der Waals surface area (Å²) < 4.78 is 29.7. The molecule has 0 aliphatic heterocycles. The largest absolute Gasteiger partial charge is 0.351 e. The number of carbonyl (C=O) groups is 1. The predicted octanol–water partition coefficient (Wildman–Crippen LogP) is 4.28. The Morgan fingerprint density at radius 1 is 1.17 bits per heavy atom. The lowest BCUT2D eigenvalue weighted by Crippen LogP contribution is -2.24. The molecule has 0 bridgehead atoms. The van der Waals surface area contributed by atoms with E-state index in [1.54, 1.807) is 37.3 Å². The van der Waals surface area contributed by atoms with Crippen LogP contribution in [0.5, 0.6) is 0 Å². The smallest absolute Gasteiger partial charge is 0.230 e. The number of amides is 1. The molecule has 8 heteroatoms. The Kier molecular flexibility index (Phi) is 5.62. The van der Waals surface area contributed by atoms with Gasteiger partial charge < -0.3 is 5.32 Å². The van der Waals surface area contributed by atoms with Gasteiger partial charge in [0, 0.05) is 12.6 Å². The summed E-state index contributed by atoms with van der Waals surface area (Å²) >= 11 is 1.27. The van der Waals surface area contributed by atoms with E-state index in [0.29, 0.717) is 27.7 Å². The Hall–Kier alpha value is -2.74. The molecule has 5 nitrogen and oxygen atoms in total. The molecule has 0 radical (unpaired) electrons. The van der Waals surface area contributed by atoms with Gasteiger partial charge in [0.15, 0.2) is 11.0 Å². The Labute approximate surface area is 171 Å². The Balaban J connectivity index is 1.41. The van der Waals surface area contributed by atoms with E-state index in [1.807, 2.05) is 4.57 Å². The van der Waals surface area contributed by atoms with Crippen LogP contribution in [0.3, 0.4) is 0 Å². The standard InChI is InChI=1S/C21H20F2N4OS/c1-13-6-7-14(10-18(13)23)11-24-19(28)12-29-21-26-25-20(27(21)15-8-9-15)16-4-2-3-5-17(16)22/h2-7,10,15H,8-9,11-12H2,1H3,(H,24,28). The second-order valence-corrected chi connectivity index (χ2v) is 7.98. The number of aromatic nitrogens is 3. The zero-order valence-corrected chi connectivity index (χ0v) is 16.7. The second-order valence-electron chi connectivity index (χ2n) is 7.04. The summed E-state index contributed by atoms with van der Waals surface area (Å²) in [7, 11) is 0. The predicted molar refractivity (Wildman–Crippen MR) is 107 cm³/mol. The first-order valence-corrected chi connectivity index (χ1v) is 10.4. The van der Waals surface area contributed by atoms with Gasteiger partial charge in [-0.1, -0.05) is 36.0 Å². The number of thioether (sulfide) groups is 1. The van der Waals surface area contributed by atoms with Crippen molar-refractivity contribution in [2.45, 2.75) is 37.5 Å². The van der Waals surface area contributed by atoms with Gasteiger partial charge in [-0.25, -0.2) is 8.78 Å². The van der Waals surface area contributed by atoms with Gasteiger partial charge in [0.05, 0.1) is 11.3 Å². The molecule has 1 amide bonds. The number of hydrogen-bond donors (Lipinski definition) is 1. The number of nitrogens with one attached hydrogen (secondary N) is 1. The van der Waals surface area contributed by atoms with Crippen LogP contribution in [-0.2, 0) is 11.3 Å². The summed E-state index contributed by atoms with van der Waals surface area (Å²) in [6.07, 6.45) is 1.97.